The van der Waals surface area contributed by atoms with Gasteiger partial charge in [-0.15, -0.1) is 0 Å². The topological polar surface area (TPSA) is 0 Å². The van der Waals surface area contributed by atoms with E-state index < -0.39 is 0 Å². The maximum absolute atomic E-state index is 3.92. The number of aryl methyl sites for hydroxylation is 1. The molecule has 1 aromatic carbocycles. The van der Waals surface area contributed by atoms with Gasteiger partial charge in [-0.05, 0) is 18.4 Å². The third kappa shape index (κ3) is 22.8. The molecule has 1 radical (unpaired) electrons. The predicted octanol–water partition coefficient (Wildman–Crippen LogP) is 11.8. The average Bonchev–Trinajstić information content (AvgIpc) is 2.84. The van der Waals surface area contributed by atoms with Crippen molar-refractivity contribution in [3.63, 3.8) is 0 Å². The van der Waals surface area contributed by atoms with Gasteiger partial charge in [-0.1, -0.05) is 191 Å². The highest BCUT2D eigenvalue weighted by Crippen LogP contribution is 2.16. The van der Waals surface area contributed by atoms with Crippen LogP contribution in [0.5, 0.6) is 0 Å². The summed E-state index contributed by atoms with van der Waals surface area (Å²) in [6, 6.07) is 11.0. The summed E-state index contributed by atoms with van der Waals surface area (Å²) >= 11 is 0. The Morgan fingerprint density at radius 1 is 0.333 bits per heavy atom. The van der Waals surface area contributed by atoms with Crippen molar-refractivity contribution >= 4 is 0 Å². The van der Waals surface area contributed by atoms with E-state index in [1.165, 1.54) is 166 Å². The molecule has 0 N–H and O–H groups in total. The first-order valence-electron chi connectivity index (χ1n) is 15.3. The number of rotatable bonds is 26. The first-order valence-corrected chi connectivity index (χ1v) is 15.3. The zero-order valence-electron chi connectivity index (χ0n) is 22.5. The molecule has 0 saturated carbocycles. The Morgan fingerprint density at radius 2 is 0.606 bits per heavy atom. The van der Waals surface area contributed by atoms with Gasteiger partial charge in [-0.2, -0.15) is 0 Å². The van der Waals surface area contributed by atoms with E-state index in [-0.39, 0.29) is 0 Å². The molecule has 33 heavy (non-hydrogen) atoms. The smallest absolute Gasteiger partial charge is 0.0279 e. The maximum atomic E-state index is 3.92. The number of hydrogen-bond donors (Lipinski definition) is 0. The van der Waals surface area contributed by atoms with Crippen molar-refractivity contribution < 1.29 is 0 Å². The van der Waals surface area contributed by atoms with Crippen molar-refractivity contribution in [2.75, 3.05) is 0 Å². The molecular weight excluding hydrogens is 396 g/mol. The molecule has 0 nitrogen and oxygen atoms in total. The zero-order valence-corrected chi connectivity index (χ0v) is 22.5. The van der Waals surface area contributed by atoms with Gasteiger partial charge in [0.05, 0.1) is 0 Å². The highest BCUT2D eigenvalue weighted by Gasteiger charge is 1.97. The zero-order chi connectivity index (χ0) is 23.5. The third-order valence-electron chi connectivity index (χ3n) is 7.31. The van der Waals surface area contributed by atoms with E-state index in [0.717, 1.165) is 6.42 Å². The average molecular weight is 456 g/mol. The van der Waals surface area contributed by atoms with Crippen LogP contribution in [0.3, 0.4) is 0 Å². The SMILES string of the molecule is [CH2]CCCCCCCCCCCCCCCCCCCCCCCCCCc1ccccc1. The monoisotopic (exact) mass is 455 g/mol. The molecule has 0 aliphatic carbocycles. The largest absolute Gasteiger partial charge is 0.0622 e. The molecule has 0 fully saturated rings. The minimum atomic E-state index is 1.12. The quantitative estimate of drug-likeness (QED) is 0.122. The van der Waals surface area contributed by atoms with E-state index in [1.54, 1.807) is 0 Å². The van der Waals surface area contributed by atoms with E-state index in [4.69, 9.17) is 0 Å². The fraction of sp³-hybridized carbons (Fsp3) is 0.788. The molecule has 0 aliphatic rings. The molecule has 0 aliphatic heterocycles. The van der Waals surface area contributed by atoms with Crippen molar-refractivity contribution in [2.24, 2.45) is 0 Å². The van der Waals surface area contributed by atoms with Crippen molar-refractivity contribution in [1.29, 1.82) is 0 Å². The number of unbranched alkanes of at least 4 members (excludes halogenated alkanes) is 24. The second-order valence-corrected chi connectivity index (χ2v) is 10.6. The van der Waals surface area contributed by atoms with Crippen LogP contribution in [0, 0.1) is 6.92 Å². The summed E-state index contributed by atoms with van der Waals surface area (Å²) in [5.74, 6) is 0. The molecule has 0 amide bonds. The Balaban J connectivity index is 1.64. The number of benzene rings is 1. The lowest BCUT2D eigenvalue weighted by Crippen LogP contribution is -1.86. The van der Waals surface area contributed by atoms with E-state index in [1.807, 2.05) is 0 Å². The van der Waals surface area contributed by atoms with Crippen molar-refractivity contribution in [3.8, 4) is 0 Å². The van der Waals surface area contributed by atoms with Crippen LogP contribution in [-0.4, -0.2) is 0 Å². The molecule has 0 heterocycles. The Kier molecular flexibility index (Phi) is 23.7. The Morgan fingerprint density at radius 3 is 0.909 bits per heavy atom. The van der Waals surface area contributed by atoms with Crippen LogP contribution in [0.4, 0.5) is 0 Å². The lowest BCUT2D eigenvalue weighted by Gasteiger charge is -2.04. The van der Waals surface area contributed by atoms with Gasteiger partial charge in [0.1, 0.15) is 0 Å². The minimum absolute atomic E-state index is 1.12. The fourth-order valence-corrected chi connectivity index (χ4v) is 5.04. The van der Waals surface area contributed by atoms with Crippen molar-refractivity contribution in [3.05, 3.63) is 42.8 Å². The first-order chi connectivity index (χ1) is 16.4. The van der Waals surface area contributed by atoms with Crippen LogP contribution in [0.25, 0.3) is 0 Å². The van der Waals surface area contributed by atoms with Gasteiger partial charge in [0.25, 0.3) is 0 Å². The van der Waals surface area contributed by atoms with Crippen LogP contribution in [0.2, 0.25) is 0 Å². The van der Waals surface area contributed by atoms with Gasteiger partial charge in [0.2, 0.25) is 0 Å². The molecule has 1 aromatic rings. The second kappa shape index (κ2) is 25.8. The molecule has 1 rings (SSSR count). The van der Waals surface area contributed by atoms with Gasteiger partial charge in [0, 0.05) is 0 Å². The highest BCUT2D eigenvalue weighted by atomic mass is 14.0. The van der Waals surface area contributed by atoms with Gasteiger partial charge in [-0.25, -0.2) is 0 Å². The Labute approximate surface area is 209 Å². The summed E-state index contributed by atoms with van der Waals surface area (Å²) < 4.78 is 0. The molecule has 0 atom stereocenters. The fourth-order valence-electron chi connectivity index (χ4n) is 5.04. The van der Waals surface area contributed by atoms with Crippen LogP contribution in [0.1, 0.15) is 166 Å². The van der Waals surface area contributed by atoms with Crippen LogP contribution in [-0.2, 0) is 6.42 Å². The first kappa shape index (κ1) is 30.3. The molecule has 0 bridgehead atoms. The Hall–Kier alpha value is -0.780. The molecule has 0 spiro atoms. The molecule has 191 valence electrons. The predicted molar refractivity (Wildman–Crippen MR) is 151 cm³/mol. The van der Waals surface area contributed by atoms with E-state index in [0.29, 0.717) is 0 Å². The van der Waals surface area contributed by atoms with Crippen molar-refractivity contribution in [1.82, 2.24) is 0 Å². The minimum Gasteiger partial charge on any atom is -0.0622 e. The number of hydrogen-bond acceptors (Lipinski definition) is 0. The van der Waals surface area contributed by atoms with Crippen molar-refractivity contribution in [2.45, 2.75) is 167 Å². The lowest BCUT2D eigenvalue weighted by atomic mass is 10.0. The molecule has 0 unspecified atom stereocenters. The van der Waals surface area contributed by atoms with Gasteiger partial charge in [0.15, 0.2) is 0 Å². The second-order valence-electron chi connectivity index (χ2n) is 10.6. The van der Waals surface area contributed by atoms with E-state index >= 15 is 0 Å². The Bertz CT molecular complexity index is 462. The summed E-state index contributed by atoms with van der Waals surface area (Å²) in [5, 5.41) is 0. The lowest BCUT2D eigenvalue weighted by molar-refractivity contribution is 0.516. The van der Waals surface area contributed by atoms with Crippen LogP contribution < -0.4 is 0 Å². The van der Waals surface area contributed by atoms with E-state index in [9.17, 15) is 0 Å². The highest BCUT2D eigenvalue weighted by molar-refractivity contribution is 5.14. The molecule has 0 heteroatoms. The standard InChI is InChI=1S/C33H59/c1-2-3-4-5-6-7-8-9-10-11-12-13-14-15-16-17-18-19-20-21-22-23-24-25-27-30-33-31-28-26-29-32-33/h26,28-29,31-32H,1-25,27,30H2. The summed E-state index contributed by atoms with van der Waals surface area (Å²) in [4.78, 5) is 0. The summed E-state index contributed by atoms with van der Waals surface area (Å²) in [5.41, 5.74) is 1.50. The van der Waals surface area contributed by atoms with Gasteiger partial charge >= 0.3 is 0 Å². The normalized spacial score (nSPS) is 11.3. The summed E-state index contributed by atoms with van der Waals surface area (Å²) in [6.45, 7) is 3.92. The van der Waals surface area contributed by atoms with Gasteiger partial charge < -0.3 is 0 Å². The molecular formula is C33H59. The van der Waals surface area contributed by atoms with Crippen LogP contribution in [0.15, 0.2) is 30.3 Å². The maximum Gasteiger partial charge on any atom is -0.0279 e. The molecule has 0 saturated heterocycles. The van der Waals surface area contributed by atoms with E-state index in [2.05, 4.69) is 37.3 Å². The third-order valence-corrected chi connectivity index (χ3v) is 7.31. The van der Waals surface area contributed by atoms with Crippen LogP contribution >= 0.6 is 0 Å². The van der Waals surface area contributed by atoms with Gasteiger partial charge in [-0.3, -0.25) is 0 Å². The summed E-state index contributed by atoms with van der Waals surface area (Å²) in [7, 11) is 0. The summed E-state index contributed by atoms with van der Waals surface area (Å²) in [6.07, 6.45) is 37.3. The molecule has 0 aromatic heterocycles.